The normalized spacial score (nSPS) is 26.4. The summed E-state index contributed by atoms with van der Waals surface area (Å²) in [7, 11) is 0. The minimum atomic E-state index is -1.11. The van der Waals surface area contributed by atoms with Crippen LogP contribution in [0.2, 0.25) is 0 Å². The molecule has 3 N–H and O–H groups in total. The summed E-state index contributed by atoms with van der Waals surface area (Å²) >= 11 is 0. The third-order valence-corrected chi connectivity index (χ3v) is 3.42. The fourth-order valence-electron chi connectivity index (χ4n) is 2.03. The molecule has 1 amide bonds. The topological polar surface area (TPSA) is 78.8 Å². The van der Waals surface area contributed by atoms with Crippen LogP contribution in [0.25, 0.3) is 0 Å². The second-order valence-electron chi connectivity index (χ2n) is 4.71. The molecule has 1 saturated heterocycles. The quantitative estimate of drug-likeness (QED) is 0.758. The Morgan fingerprint density at radius 3 is 2.95 bits per heavy atom. The van der Waals surface area contributed by atoms with Crippen LogP contribution in [-0.2, 0) is 4.74 Å². The van der Waals surface area contributed by atoms with Crippen molar-refractivity contribution < 1.29 is 24.1 Å². The molecule has 0 aliphatic carbocycles. The molecule has 0 radical (unpaired) electrons. The molecule has 0 bridgehead atoms. The number of halogens is 1. The van der Waals surface area contributed by atoms with Crippen LogP contribution in [0.1, 0.15) is 23.7 Å². The number of benzene rings is 1. The molecule has 1 aromatic rings. The van der Waals surface area contributed by atoms with Crippen molar-refractivity contribution in [3.05, 3.63) is 29.6 Å². The lowest BCUT2D eigenvalue weighted by Crippen LogP contribution is -2.47. The van der Waals surface area contributed by atoms with E-state index in [1.54, 1.807) is 6.92 Å². The van der Waals surface area contributed by atoms with E-state index in [-0.39, 0.29) is 18.2 Å². The third kappa shape index (κ3) is 2.85. The number of rotatable bonds is 3. The van der Waals surface area contributed by atoms with Gasteiger partial charge < -0.3 is 20.3 Å². The maximum absolute atomic E-state index is 12.8. The van der Waals surface area contributed by atoms with Crippen molar-refractivity contribution in [1.82, 2.24) is 5.32 Å². The van der Waals surface area contributed by atoms with E-state index in [1.807, 2.05) is 0 Å². The molecule has 104 valence electrons. The molecule has 6 heteroatoms. The summed E-state index contributed by atoms with van der Waals surface area (Å²) in [5.41, 5.74) is -1.14. The second-order valence-corrected chi connectivity index (χ2v) is 4.71. The van der Waals surface area contributed by atoms with Gasteiger partial charge in [0.25, 0.3) is 5.91 Å². The molecule has 1 heterocycles. The lowest BCUT2D eigenvalue weighted by atomic mass is 9.96. The summed E-state index contributed by atoms with van der Waals surface area (Å²) < 4.78 is 18.1. The van der Waals surface area contributed by atoms with Gasteiger partial charge in [-0.05, 0) is 19.1 Å². The van der Waals surface area contributed by atoms with E-state index in [0.29, 0.717) is 13.0 Å². The number of hydrogen-bond acceptors (Lipinski definition) is 4. The predicted molar refractivity (Wildman–Crippen MR) is 65.4 cm³/mol. The maximum atomic E-state index is 12.8. The molecule has 1 aromatic carbocycles. The molecule has 0 spiro atoms. The Kier molecular flexibility index (Phi) is 3.73. The molecule has 1 aliphatic heterocycles. The van der Waals surface area contributed by atoms with Gasteiger partial charge in [-0.15, -0.1) is 0 Å². The molecule has 19 heavy (non-hydrogen) atoms. The molecular weight excluding hydrogens is 253 g/mol. The number of carbonyl (C=O) groups is 1. The van der Waals surface area contributed by atoms with E-state index in [4.69, 9.17) is 4.74 Å². The zero-order chi connectivity index (χ0) is 14.0. The second kappa shape index (κ2) is 5.14. The number of aliphatic hydroxyl groups is 1. The number of aromatic hydroxyl groups is 1. The van der Waals surface area contributed by atoms with Gasteiger partial charge in [-0.25, -0.2) is 4.39 Å². The molecule has 0 aromatic heterocycles. The molecule has 2 rings (SSSR count). The first kappa shape index (κ1) is 13.8. The van der Waals surface area contributed by atoms with E-state index < -0.39 is 23.1 Å². The standard InChI is InChI=1S/C13H16FNO4/c1-8-13(18,4-5-19-8)7-15-12(17)10-3-2-9(14)6-11(10)16/h2-3,6,8,16,18H,4-5,7H2,1H3,(H,15,17). The molecule has 2 atom stereocenters. The van der Waals surface area contributed by atoms with Crippen LogP contribution in [0.3, 0.4) is 0 Å². The van der Waals surface area contributed by atoms with Gasteiger partial charge in [0.2, 0.25) is 0 Å². The number of phenolic OH excluding ortho intramolecular Hbond substituents is 1. The zero-order valence-electron chi connectivity index (χ0n) is 10.5. The van der Waals surface area contributed by atoms with Gasteiger partial charge in [-0.1, -0.05) is 0 Å². The Morgan fingerprint density at radius 2 is 2.37 bits per heavy atom. The highest BCUT2D eigenvalue weighted by Crippen LogP contribution is 2.25. The van der Waals surface area contributed by atoms with Gasteiger partial charge in [0.05, 0.1) is 11.7 Å². The van der Waals surface area contributed by atoms with Crippen molar-refractivity contribution in [1.29, 1.82) is 0 Å². The highest BCUT2D eigenvalue weighted by atomic mass is 19.1. The van der Waals surface area contributed by atoms with Crippen LogP contribution in [0.5, 0.6) is 5.75 Å². The SMILES string of the molecule is CC1OCCC1(O)CNC(=O)c1ccc(F)cc1O. The summed E-state index contributed by atoms with van der Waals surface area (Å²) in [6, 6.07) is 3.15. The Morgan fingerprint density at radius 1 is 1.63 bits per heavy atom. The summed E-state index contributed by atoms with van der Waals surface area (Å²) in [5, 5.41) is 22.2. The maximum Gasteiger partial charge on any atom is 0.255 e. The van der Waals surface area contributed by atoms with Crippen molar-refractivity contribution >= 4 is 5.91 Å². The summed E-state index contributed by atoms with van der Waals surface area (Å²) in [5.74, 6) is -1.62. The number of amides is 1. The average Bonchev–Trinajstić information content (AvgIpc) is 2.67. The average molecular weight is 269 g/mol. The van der Waals surface area contributed by atoms with Gasteiger partial charge in [0.15, 0.2) is 0 Å². The van der Waals surface area contributed by atoms with Crippen molar-refractivity contribution in [2.45, 2.75) is 25.0 Å². The number of carbonyl (C=O) groups excluding carboxylic acids is 1. The molecule has 1 fully saturated rings. The molecule has 5 nitrogen and oxygen atoms in total. The first-order chi connectivity index (χ1) is 8.92. The van der Waals surface area contributed by atoms with Crippen LogP contribution < -0.4 is 5.32 Å². The number of phenols is 1. The Bertz CT molecular complexity index is 494. The summed E-state index contributed by atoms with van der Waals surface area (Å²) in [4.78, 5) is 11.8. The predicted octanol–water partition coefficient (Wildman–Crippen LogP) is 0.801. The first-order valence-electron chi connectivity index (χ1n) is 6.03. The van der Waals surface area contributed by atoms with Crippen molar-refractivity contribution in [2.75, 3.05) is 13.2 Å². The summed E-state index contributed by atoms with van der Waals surface area (Å²) in [6.07, 6.45) is 0.0683. The van der Waals surface area contributed by atoms with Crippen molar-refractivity contribution in [3.8, 4) is 5.75 Å². The first-order valence-corrected chi connectivity index (χ1v) is 6.03. The van der Waals surface area contributed by atoms with Gasteiger partial charge in [0, 0.05) is 25.6 Å². The molecule has 0 saturated carbocycles. The van der Waals surface area contributed by atoms with Crippen LogP contribution in [-0.4, -0.2) is 41.0 Å². The number of hydrogen-bond donors (Lipinski definition) is 3. The fourth-order valence-corrected chi connectivity index (χ4v) is 2.03. The van der Waals surface area contributed by atoms with Crippen molar-refractivity contribution in [2.24, 2.45) is 0 Å². The highest BCUT2D eigenvalue weighted by molar-refractivity contribution is 5.96. The van der Waals surface area contributed by atoms with E-state index >= 15 is 0 Å². The van der Waals surface area contributed by atoms with Gasteiger partial charge in [-0.2, -0.15) is 0 Å². The van der Waals surface area contributed by atoms with E-state index in [1.165, 1.54) is 6.07 Å². The van der Waals surface area contributed by atoms with Crippen molar-refractivity contribution in [3.63, 3.8) is 0 Å². The van der Waals surface area contributed by atoms with Crippen LogP contribution in [0.4, 0.5) is 4.39 Å². The molecule has 2 unspecified atom stereocenters. The zero-order valence-corrected chi connectivity index (χ0v) is 10.5. The summed E-state index contributed by atoms with van der Waals surface area (Å²) in [6.45, 7) is 2.19. The number of nitrogens with one attached hydrogen (secondary N) is 1. The van der Waals surface area contributed by atoms with Crippen LogP contribution in [0.15, 0.2) is 18.2 Å². The monoisotopic (exact) mass is 269 g/mol. The van der Waals surface area contributed by atoms with E-state index in [2.05, 4.69) is 5.32 Å². The van der Waals surface area contributed by atoms with Gasteiger partial charge in [0.1, 0.15) is 17.2 Å². The lowest BCUT2D eigenvalue weighted by Gasteiger charge is -2.26. The Hall–Kier alpha value is -1.66. The largest absolute Gasteiger partial charge is 0.507 e. The van der Waals surface area contributed by atoms with Crippen LogP contribution >= 0.6 is 0 Å². The molecule has 1 aliphatic rings. The van der Waals surface area contributed by atoms with Crippen LogP contribution in [0, 0.1) is 5.82 Å². The lowest BCUT2D eigenvalue weighted by molar-refractivity contribution is -0.0251. The fraction of sp³-hybridized carbons (Fsp3) is 0.462. The minimum absolute atomic E-state index is 0.0177. The smallest absolute Gasteiger partial charge is 0.255 e. The number of ether oxygens (including phenoxy) is 1. The minimum Gasteiger partial charge on any atom is -0.507 e. The molecular formula is C13H16FNO4. The third-order valence-electron chi connectivity index (χ3n) is 3.42. The Labute approximate surface area is 110 Å². The van der Waals surface area contributed by atoms with E-state index in [9.17, 15) is 19.4 Å². The Balaban J connectivity index is 2.02. The highest BCUT2D eigenvalue weighted by Gasteiger charge is 2.39. The van der Waals surface area contributed by atoms with Gasteiger partial charge >= 0.3 is 0 Å². The van der Waals surface area contributed by atoms with Gasteiger partial charge in [-0.3, -0.25) is 4.79 Å². The van der Waals surface area contributed by atoms with E-state index in [0.717, 1.165) is 12.1 Å².